The van der Waals surface area contributed by atoms with E-state index < -0.39 is 24.2 Å². The third-order valence-corrected chi connectivity index (χ3v) is 2.30. The summed E-state index contributed by atoms with van der Waals surface area (Å²) in [5, 5.41) is 12.5. The molecule has 86 valence electrons. The lowest BCUT2D eigenvalue weighted by molar-refractivity contribution is -0.151. The highest BCUT2D eigenvalue weighted by Crippen LogP contribution is 2.27. The Balaban J connectivity index is 2.08. The van der Waals surface area contributed by atoms with Crippen LogP contribution in [0.25, 0.3) is 0 Å². The van der Waals surface area contributed by atoms with Gasteiger partial charge in [-0.05, 0) is 12.8 Å². The molecule has 1 aromatic rings. The fourth-order valence-electron chi connectivity index (χ4n) is 1.52. The molecule has 2 rings (SSSR count). The SMILES string of the molecule is NC(=O)c1ncn([C@H]2CC[C@@H](C(=O)O)O2)n1. The Morgan fingerprint density at radius 2 is 2.31 bits per heavy atom. The van der Waals surface area contributed by atoms with Crippen molar-refractivity contribution in [3.05, 3.63) is 12.2 Å². The van der Waals surface area contributed by atoms with Gasteiger partial charge < -0.3 is 15.6 Å². The number of primary amides is 1. The largest absolute Gasteiger partial charge is 0.479 e. The summed E-state index contributed by atoms with van der Waals surface area (Å²) in [7, 11) is 0. The molecule has 1 aliphatic rings. The van der Waals surface area contributed by atoms with Crippen LogP contribution in [0, 0.1) is 0 Å². The lowest BCUT2D eigenvalue weighted by atomic mass is 10.2. The van der Waals surface area contributed by atoms with E-state index in [0.717, 1.165) is 0 Å². The Morgan fingerprint density at radius 3 is 2.81 bits per heavy atom. The van der Waals surface area contributed by atoms with Crippen molar-refractivity contribution in [3.63, 3.8) is 0 Å². The summed E-state index contributed by atoms with van der Waals surface area (Å²) >= 11 is 0. The van der Waals surface area contributed by atoms with Crippen LogP contribution in [0.5, 0.6) is 0 Å². The average Bonchev–Trinajstić information content (AvgIpc) is 2.86. The predicted molar refractivity (Wildman–Crippen MR) is 49.3 cm³/mol. The standard InChI is InChI=1S/C8H10N4O4/c9-6(13)7-10-3-12(11-7)5-2-1-4(16-5)8(14)15/h3-5H,1-2H2,(H2,9,13)(H,14,15)/t4-,5+/m0/s1. The van der Waals surface area contributed by atoms with Crippen molar-refractivity contribution in [1.82, 2.24) is 14.8 Å². The Kier molecular flexibility index (Phi) is 2.57. The van der Waals surface area contributed by atoms with Gasteiger partial charge in [-0.3, -0.25) is 4.79 Å². The predicted octanol–water partition coefficient (Wildman–Crippen LogP) is -0.861. The van der Waals surface area contributed by atoms with Crippen LogP contribution in [0.2, 0.25) is 0 Å². The minimum absolute atomic E-state index is 0.109. The summed E-state index contributed by atoms with van der Waals surface area (Å²) in [6.45, 7) is 0. The van der Waals surface area contributed by atoms with Crippen LogP contribution < -0.4 is 5.73 Å². The molecule has 0 bridgehead atoms. The van der Waals surface area contributed by atoms with Crippen molar-refractivity contribution in [3.8, 4) is 0 Å². The van der Waals surface area contributed by atoms with Crippen molar-refractivity contribution in [2.24, 2.45) is 5.73 Å². The van der Waals surface area contributed by atoms with Gasteiger partial charge in [-0.1, -0.05) is 0 Å². The van der Waals surface area contributed by atoms with Crippen LogP contribution in [0.1, 0.15) is 29.7 Å². The molecule has 0 aromatic carbocycles. The number of carbonyl (C=O) groups is 2. The first-order chi connectivity index (χ1) is 7.58. The maximum Gasteiger partial charge on any atom is 0.332 e. The zero-order chi connectivity index (χ0) is 11.7. The minimum atomic E-state index is -1.00. The second kappa shape index (κ2) is 3.89. The molecular formula is C8H10N4O4. The van der Waals surface area contributed by atoms with Crippen molar-refractivity contribution in [2.75, 3.05) is 0 Å². The van der Waals surface area contributed by atoms with Crippen LogP contribution in [0.15, 0.2) is 6.33 Å². The first-order valence-corrected chi connectivity index (χ1v) is 4.67. The molecule has 3 N–H and O–H groups in total. The van der Waals surface area contributed by atoms with Gasteiger partial charge in [0, 0.05) is 0 Å². The van der Waals surface area contributed by atoms with E-state index >= 15 is 0 Å². The molecule has 0 saturated carbocycles. The number of hydrogen-bond acceptors (Lipinski definition) is 5. The number of hydrogen-bond donors (Lipinski definition) is 2. The van der Waals surface area contributed by atoms with Crippen LogP contribution in [-0.4, -0.2) is 37.9 Å². The number of carbonyl (C=O) groups excluding carboxylic acids is 1. The topological polar surface area (TPSA) is 120 Å². The number of nitrogens with two attached hydrogens (primary N) is 1. The zero-order valence-electron chi connectivity index (χ0n) is 8.24. The molecule has 8 nitrogen and oxygen atoms in total. The number of carboxylic acids is 1. The van der Waals surface area contributed by atoms with E-state index in [1.54, 1.807) is 0 Å². The highest BCUT2D eigenvalue weighted by molar-refractivity contribution is 5.88. The zero-order valence-corrected chi connectivity index (χ0v) is 8.24. The summed E-state index contributed by atoms with van der Waals surface area (Å²) in [6.07, 6.45) is 0.896. The second-order valence-corrected chi connectivity index (χ2v) is 3.41. The third kappa shape index (κ3) is 1.87. The second-order valence-electron chi connectivity index (χ2n) is 3.41. The smallest absolute Gasteiger partial charge is 0.332 e. The number of rotatable bonds is 3. The molecule has 0 spiro atoms. The van der Waals surface area contributed by atoms with Crippen LogP contribution in [0.3, 0.4) is 0 Å². The van der Waals surface area contributed by atoms with Crippen molar-refractivity contribution >= 4 is 11.9 Å². The maximum atomic E-state index is 10.8. The highest BCUT2D eigenvalue weighted by atomic mass is 16.5. The van der Waals surface area contributed by atoms with Gasteiger partial charge in [0.15, 0.2) is 12.3 Å². The van der Waals surface area contributed by atoms with E-state index in [0.29, 0.717) is 12.8 Å². The number of amides is 1. The minimum Gasteiger partial charge on any atom is -0.479 e. The molecule has 2 atom stereocenters. The van der Waals surface area contributed by atoms with Gasteiger partial charge >= 0.3 is 5.97 Å². The van der Waals surface area contributed by atoms with E-state index in [4.69, 9.17) is 15.6 Å². The van der Waals surface area contributed by atoms with Gasteiger partial charge in [-0.25, -0.2) is 14.5 Å². The molecule has 0 aliphatic carbocycles. The lowest BCUT2D eigenvalue weighted by Gasteiger charge is -2.10. The third-order valence-electron chi connectivity index (χ3n) is 2.30. The summed E-state index contributed by atoms with van der Waals surface area (Å²) in [6, 6.07) is 0. The summed E-state index contributed by atoms with van der Waals surface area (Å²) in [5.74, 6) is -1.84. The molecule has 1 aromatic heterocycles. The molecular weight excluding hydrogens is 216 g/mol. The van der Waals surface area contributed by atoms with E-state index in [1.165, 1.54) is 11.0 Å². The average molecular weight is 226 g/mol. The number of ether oxygens (including phenoxy) is 1. The van der Waals surface area contributed by atoms with Gasteiger partial charge in [-0.15, -0.1) is 5.10 Å². The van der Waals surface area contributed by atoms with Gasteiger partial charge in [0.05, 0.1) is 0 Å². The van der Waals surface area contributed by atoms with E-state index in [9.17, 15) is 9.59 Å². The van der Waals surface area contributed by atoms with Crippen LogP contribution >= 0.6 is 0 Å². The molecule has 0 radical (unpaired) electrons. The monoisotopic (exact) mass is 226 g/mol. The maximum absolute atomic E-state index is 10.8. The molecule has 1 fully saturated rings. The first-order valence-electron chi connectivity index (χ1n) is 4.67. The normalized spacial score (nSPS) is 24.5. The van der Waals surface area contributed by atoms with Gasteiger partial charge in [-0.2, -0.15) is 0 Å². The lowest BCUT2D eigenvalue weighted by Crippen LogP contribution is -2.20. The Hall–Kier alpha value is -1.96. The Bertz CT molecular complexity index is 429. The van der Waals surface area contributed by atoms with E-state index in [-0.39, 0.29) is 5.82 Å². The van der Waals surface area contributed by atoms with Crippen molar-refractivity contribution in [2.45, 2.75) is 25.2 Å². The number of nitrogens with zero attached hydrogens (tertiary/aromatic N) is 3. The van der Waals surface area contributed by atoms with E-state index in [1.807, 2.05) is 0 Å². The highest BCUT2D eigenvalue weighted by Gasteiger charge is 2.32. The molecule has 0 unspecified atom stereocenters. The number of aliphatic carboxylic acids is 1. The summed E-state index contributed by atoms with van der Waals surface area (Å²) in [5.41, 5.74) is 4.99. The summed E-state index contributed by atoms with van der Waals surface area (Å²) in [4.78, 5) is 25.1. The first kappa shape index (κ1) is 10.6. The van der Waals surface area contributed by atoms with Crippen molar-refractivity contribution < 1.29 is 19.4 Å². The Morgan fingerprint density at radius 1 is 1.56 bits per heavy atom. The molecule has 1 amide bonds. The van der Waals surface area contributed by atoms with Gasteiger partial charge in [0.2, 0.25) is 5.82 Å². The fourth-order valence-corrected chi connectivity index (χ4v) is 1.52. The molecule has 1 saturated heterocycles. The van der Waals surface area contributed by atoms with Crippen LogP contribution in [-0.2, 0) is 9.53 Å². The Labute approximate surface area is 90.0 Å². The molecule has 1 aliphatic heterocycles. The fraction of sp³-hybridized carbons (Fsp3) is 0.500. The quantitative estimate of drug-likeness (QED) is 0.691. The van der Waals surface area contributed by atoms with Gasteiger partial charge in [0.1, 0.15) is 6.33 Å². The summed E-state index contributed by atoms with van der Waals surface area (Å²) < 4.78 is 6.52. The molecule has 8 heteroatoms. The van der Waals surface area contributed by atoms with Gasteiger partial charge in [0.25, 0.3) is 5.91 Å². The van der Waals surface area contributed by atoms with E-state index in [2.05, 4.69) is 10.1 Å². The van der Waals surface area contributed by atoms with Crippen molar-refractivity contribution in [1.29, 1.82) is 0 Å². The molecule has 2 heterocycles. The number of aromatic nitrogens is 3. The van der Waals surface area contributed by atoms with Crippen LogP contribution in [0.4, 0.5) is 0 Å². The number of carboxylic acid groups (broad SMARTS) is 1. The molecule has 16 heavy (non-hydrogen) atoms.